The van der Waals surface area contributed by atoms with Gasteiger partial charge in [-0.3, -0.25) is 14.9 Å². The number of hydrogen-bond acceptors (Lipinski definition) is 7. The van der Waals surface area contributed by atoms with Crippen LogP contribution < -0.4 is 10.1 Å². The van der Waals surface area contributed by atoms with Crippen molar-refractivity contribution < 1.29 is 18.7 Å². The number of amides is 2. The zero-order chi connectivity index (χ0) is 24.9. The van der Waals surface area contributed by atoms with E-state index in [0.29, 0.717) is 31.3 Å². The van der Waals surface area contributed by atoms with Gasteiger partial charge in [0.1, 0.15) is 11.5 Å². The van der Waals surface area contributed by atoms with E-state index in [1.165, 1.54) is 0 Å². The highest BCUT2D eigenvalue weighted by molar-refractivity contribution is 8.15. The zero-order valence-corrected chi connectivity index (χ0v) is 22.1. The van der Waals surface area contributed by atoms with Gasteiger partial charge in [-0.25, -0.2) is 4.98 Å². The predicted molar refractivity (Wildman–Crippen MR) is 143 cm³/mol. The maximum Gasteiger partial charge on any atom is 0.286 e. The highest BCUT2D eigenvalue weighted by atomic mass is 32.2. The van der Waals surface area contributed by atoms with E-state index in [4.69, 9.17) is 14.1 Å². The van der Waals surface area contributed by atoms with Gasteiger partial charge in [0.05, 0.1) is 17.6 Å². The number of aromatic nitrogens is 1. The van der Waals surface area contributed by atoms with E-state index in [9.17, 15) is 9.59 Å². The molecule has 184 valence electrons. The number of carbonyl (C=O) groups is 2. The quantitative estimate of drug-likeness (QED) is 0.380. The Morgan fingerprint density at radius 1 is 1.23 bits per heavy atom. The van der Waals surface area contributed by atoms with E-state index in [0.717, 1.165) is 56.6 Å². The number of fused-ring (bicyclic) bond motifs is 1. The molecule has 1 aliphatic heterocycles. The van der Waals surface area contributed by atoms with Crippen LogP contribution in [0, 0.1) is 12.8 Å². The van der Waals surface area contributed by atoms with Gasteiger partial charge in [0.2, 0.25) is 11.8 Å². The second-order valence-electron chi connectivity index (χ2n) is 8.33. The van der Waals surface area contributed by atoms with Crippen LogP contribution in [0.1, 0.15) is 50.1 Å². The van der Waals surface area contributed by atoms with E-state index in [2.05, 4.69) is 30.5 Å². The predicted octanol–water partition coefficient (Wildman–Crippen LogP) is 6.72. The summed E-state index contributed by atoms with van der Waals surface area (Å²) in [5.74, 6) is 2.57. The van der Waals surface area contributed by atoms with Crippen LogP contribution in [-0.4, -0.2) is 28.0 Å². The number of nitrogens with zero attached hydrogens (tertiary/aromatic N) is 1. The molecule has 2 unspecified atom stereocenters. The zero-order valence-electron chi connectivity index (χ0n) is 20.4. The molecule has 1 aliphatic carbocycles. The number of ether oxygens (including phenoxy) is 1. The summed E-state index contributed by atoms with van der Waals surface area (Å²) in [5.41, 5.74) is 3.00. The molecule has 0 saturated carbocycles. The lowest BCUT2D eigenvalue weighted by molar-refractivity contribution is -0.118. The second-order valence-corrected chi connectivity index (χ2v) is 10.4. The van der Waals surface area contributed by atoms with Crippen LogP contribution in [-0.2, 0) is 17.6 Å². The summed E-state index contributed by atoms with van der Waals surface area (Å²) in [6.45, 7) is 8.61. The summed E-state index contributed by atoms with van der Waals surface area (Å²) in [6.07, 6.45) is 8.64. The Morgan fingerprint density at radius 2 is 2.06 bits per heavy atom. The highest BCUT2D eigenvalue weighted by Crippen LogP contribution is 2.35. The van der Waals surface area contributed by atoms with Gasteiger partial charge in [-0.15, -0.1) is 11.3 Å². The molecular weight excluding hydrogens is 480 g/mol. The molecule has 1 N–H and O–H groups in total. The molecule has 3 aromatic rings. The van der Waals surface area contributed by atoms with Gasteiger partial charge in [-0.05, 0) is 48.8 Å². The topological polar surface area (TPSA) is 81.4 Å². The molecule has 2 amide bonds. The SMILES string of the molecule is CC.Cc1oc(C2=CC(C)CC=C2)nc1CCOc1ccc(CC2SC(=O)NC2=O)c2sccc12. The van der Waals surface area contributed by atoms with Crippen LogP contribution in [0.15, 0.2) is 46.2 Å². The molecule has 1 saturated heterocycles. The van der Waals surface area contributed by atoms with Crippen LogP contribution >= 0.6 is 23.1 Å². The summed E-state index contributed by atoms with van der Waals surface area (Å²) < 4.78 is 13.1. The van der Waals surface area contributed by atoms with Crippen LogP contribution in [0.4, 0.5) is 4.79 Å². The second kappa shape index (κ2) is 11.3. The minimum Gasteiger partial charge on any atom is -0.493 e. The fourth-order valence-corrected chi connectivity index (χ4v) is 5.92. The Bertz CT molecular complexity index is 1290. The number of carbonyl (C=O) groups excluding carboxylic acids is 2. The molecule has 1 aromatic carbocycles. The molecule has 0 spiro atoms. The van der Waals surface area contributed by atoms with Crippen molar-refractivity contribution in [2.24, 2.45) is 5.92 Å². The number of benzene rings is 1. The summed E-state index contributed by atoms with van der Waals surface area (Å²) >= 11 is 2.68. The molecule has 0 radical (unpaired) electrons. The Morgan fingerprint density at radius 3 is 2.80 bits per heavy atom. The van der Waals surface area contributed by atoms with Crippen molar-refractivity contribution in [1.29, 1.82) is 0 Å². The van der Waals surface area contributed by atoms with E-state index in [-0.39, 0.29) is 16.4 Å². The monoisotopic (exact) mass is 510 g/mol. The molecule has 2 aliphatic rings. The number of allylic oxidation sites excluding steroid dienone is 4. The number of thiophene rings is 1. The van der Waals surface area contributed by atoms with E-state index < -0.39 is 0 Å². The van der Waals surface area contributed by atoms with Crippen molar-refractivity contribution in [3.05, 3.63) is 64.7 Å². The smallest absolute Gasteiger partial charge is 0.286 e. The lowest BCUT2D eigenvalue weighted by Gasteiger charge is -2.11. The first-order valence-corrected chi connectivity index (χ1v) is 13.7. The molecular formula is C27H30N2O4S2. The Hall–Kier alpha value is -2.84. The van der Waals surface area contributed by atoms with Crippen molar-refractivity contribution >= 4 is 49.9 Å². The van der Waals surface area contributed by atoms with Gasteiger partial charge < -0.3 is 9.15 Å². The van der Waals surface area contributed by atoms with Crippen molar-refractivity contribution in [1.82, 2.24) is 10.3 Å². The third-order valence-electron chi connectivity index (χ3n) is 5.84. The Kier molecular flexibility index (Phi) is 8.13. The molecule has 8 heteroatoms. The number of thioether (sulfide) groups is 1. The van der Waals surface area contributed by atoms with Gasteiger partial charge in [-0.2, -0.15) is 0 Å². The molecule has 0 bridgehead atoms. The normalized spacial score (nSPS) is 19.4. The summed E-state index contributed by atoms with van der Waals surface area (Å²) in [4.78, 5) is 28.1. The standard InChI is InChI=1S/C25H24N2O4S2.C2H6/c1-14-4-3-5-17(12-14)24-26-19(15(2)31-24)8-10-30-20-7-6-16(22-18(20)9-11-32-22)13-21-23(28)27-25(29)33-21;1-2/h3,5-7,9,11-12,14,21H,4,8,10,13H2,1-2H3,(H,27,28,29);1-2H3. The third kappa shape index (κ3) is 5.70. The van der Waals surface area contributed by atoms with Crippen LogP contribution in [0.2, 0.25) is 0 Å². The average molecular weight is 511 g/mol. The number of rotatable bonds is 7. The summed E-state index contributed by atoms with van der Waals surface area (Å²) in [5, 5.41) is 4.75. The van der Waals surface area contributed by atoms with Gasteiger partial charge in [0.15, 0.2) is 0 Å². The lowest BCUT2D eigenvalue weighted by atomic mass is 9.98. The van der Waals surface area contributed by atoms with E-state index in [1.807, 2.05) is 44.4 Å². The maximum atomic E-state index is 12.0. The molecule has 35 heavy (non-hydrogen) atoms. The number of imide groups is 1. The minimum atomic E-state index is -0.379. The maximum absolute atomic E-state index is 12.0. The first-order valence-electron chi connectivity index (χ1n) is 12.0. The third-order valence-corrected chi connectivity index (χ3v) is 7.81. The molecule has 2 atom stereocenters. The number of oxazole rings is 1. The van der Waals surface area contributed by atoms with Gasteiger partial charge in [-0.1, -0.05) is 56.8 Å². The first kappa shape index (κ1) is 25.3. The van der Waals surface area contributed by atoms with Crippen molar-refractivity contribution in [3.8, 4) is 5.75 Å². The summed E-state index contributed by atoms with van der Waals surface area (Å²) in [7, 11) is 0. The highest BCUT2D eigenvalue weighted by Gasteiger charge is 2.32. The first-order chi connectivity index (χ1) is 17.0. The van der Waals surface area contributed by atoms with Crippen LogP contribution in [0.5, 0.6) is 5.75 Å². The van der Waals surface area contributed by atoms with Gasteiger partial charge in [0, 0.05) is 22.1 Å². The minimum absolute atomic E-state index is 0.216. The van der Waals surface area contributed by atoms with Gasteiger partial charge in [0.25, 0.3) is 5.24 Å². The van der Waals surface area contributed by atoms with Crippen molar-refractivity contribution in [2.45, 2.75) is 52.2 Å². The van der Waals surface area contributed by atoms with E-state index >= 15 is 0 Å². The molecule has 1 fully saturated rings. The van der Waals surface area contributed by atoms with Gasteiger partial charge >= 0.3 is 0 Å². The van der Waals surface area contributed by atoms with Crippen LogP contribution in [0.25, 0.3) is 15.7 Å². The van der Waals surface area contributed by atoms with Crippen molar-refractivity contribution in [2.75, 3.05) is 6.61 Å². The fourth-order valence-electron chi connectivity index (χ4n) is 4.13. The van der Waals surface area contributed by atoms with Crippen LogP contribution in [0.3, 0.4) is 0 Å². The Labute approximate surface area is 213 Å². The van der Waals surface area contributed by atoms with Crippen molar-refractivity contribution in [3.63, 3.8) is 0 Å². The molecule has 3 heterocycles. The molecule has 5 rings (SSSR count). The molecule has 6 nitrogen and oxygen atoms in total. The average Bonchev–Trinajstić information content (AvgIpc) is 3.56. The number of aryl methyl sites for hydroxylation is 1. The number of nitrogens with one attached hydrogen (secondary N) is 1. The number of hydrogen-bond donors (Lipinski definition) is 1. The largest absolute Gasteiger partial charge is 0.493 e. The Balaban J connectivity index is 0.00000141. The molecule has 2 aromatic heterocycles. The summed E-state index contributed by atoms with van der Waals surface area (Å²) in [6, 6.07) is 5.98. The lowest BCUT2D eigenvalue weighted by Crippen LogP contribution is -2.25. The van der Waals surface area contributed by atoms with E-state index in [1.54, 1.807) is 11.3 Å². The fraction of sp³-hybridized carbons (Fsp3) is 0.370.